The molecule has 0 saturated heterocycles. The number of aromatic nitrogens is 2. The average molecular weight is 333 g/mol. The van der Waals surface area contributed by atoms with Gasteiger partial charge in [0.05, 0.1) is 0 Å². The number of nitrogens with one attached hydrogen (secondary N) is 1. The fraction of sp³-hybridized carbons (Fsp3) is 0.318. The van der Waals surface area contributed by atoms with Crippen LogP contribution in [0.4, 0.5) is 5.82 Å². The van der Waals surface area contributed by atoms with Crippen LogP contribution in [0.1, 0.15) is 50.2 Å². The van der Waals surface area contributed by atoms with Crippen molar-refractivity contribution in [3.05, 3.63) is 65.0 Å². The molecule has 0 radical (unpaired) electrons. The summed E-state index contributed by atoms with van der Waals surface area (Å²) >= 11 is 0. The number of fused-ring (bicyclic) bond motifs is 1. The first-order valence-electron chi connectivity index (χ1n) is 8.76. The number of hydrogen-bond acceptors (Lipinski definition) is 2. The molecule has 3 heteroatoms. The maximum Gasteiger partial charge on any atom is 0.139 e. The minimum absolute atomic E-state index is 0.0466. The first-order chi connectivity index (χ1) is 11.7. The van der Waals surface area contributed by atoms with Crippen molar-refractivity contribution < 1.29 is 0 Å². The van der Waals surface area contributed by atoms with Crippen LogP contribution in [-0.4, -0.2) is 14.9 Å². The van der Waals surface area contributed by atoms with Gasteiger partial charge in [0.15, 0.2) is 0 Å². The summed E-state index contributed by atoms with van der Waals surface area (Å²) < 4.78 is 2.22. The lowest BCUT2D eigenvalue weighted by Gasteiger charge is -2.23. The number of pyridine rings is 1. The largest absolute Gasteiger partial charge is 0.365 e. The Kier molecular flexibility index (Phi) is 4.42. The van der Waals surface area contributed by atoms with Crippen LogP contribution in [0.15, 0.2) is 42.5 Å². The van der Waals surface area contributed by atoms with E-state index in [4.69, 9.17) is 4.98 Å². The molecule has 0 atom stereocenters. The Morgan fingerprint density at radius 3 is 2.40 bits per heavy atom. The number of imidazole rings is 1. The van der Waals surface area contributed by atoms with Gasteiger partial charge in [-0.25, -0.2) is 4.98 Å². The standard InChI is InChI=1S/C22H27N3/c1-15-12-17(3)25-19(13-15)23-20(21(25)24-22(4,5)6)16(2)14-18-10-8-7-9-11-18/h7-14,24H,1-6H3. The number of anilines is 1. The summed E-state index contributed by atoms with van der Waals surface area (Å²) in [4.78, 5) is 4.95. The molecule has 0 saturated carbocycles. The van der Waals surface area contributed by atoms with E-state index < -0.39 is 0 Å². The third-order valence-electron chi connectivity index (χ3n) is 4.10. The lowest BCUT2D eigenvalue weighted by molar-refractivity contribution is 0.628. The highest BCUT2D eigenvalue weighted by molar-refractivity contribution is 5.85. The topological polar surface area (TPSA) is 29.3 Å². The molecule has 130 valence electrons. The van der Waals surface area contributed by atoms with Gasteiger partial charge in [0.2, 0.25) is 0 Å². The Hall–Kier alpha value is -2.55. The molecule has 0 spiro atoms. The molecule has 0 aliphatic rings. The number of nitrogens with zero attached hydrogens (tertiary/aromatic N) is 2. The summed E-state index contributed by atoms with van der Waals surface area (Å²) in [6, 6.07) is 14.7. The fourth-order valence-corrected chi connectivity index (χ4v) is 3.14. The lowest BCUT2D eigenvalue weighted by Crippen LogP contribution is -2.27. The molecule has 3 aromatic rings. The maximum atomic E-state index is 4.95. The molecule has 1 N–H and O–H groups in total. The molecule has 0 fully saturated rings. The zero-order valence-corrected chi connectivity index (χ0v) is 16.0. The van der Waals surface area contributed by atoms with Gasteiger partial charge < -0.3 is 5.32 Å². The summed E-state index contributed by atoms with van der Waals surface area (Å²) in [6.45, 7) is 12.9. The van der Waals surface area contributed by atoms with Gasteiger partial charge in [0.25, 0.3) is 0 Å². The first kappa shape index (κ1) is 17.3. The maximum absolute atomic E-state index is 4.95. The summed E-state index contributed by atoms with van der Waals surface area (Å²) in [5.74, 6) is 1.06. The van der Waals surface area contributed by atoms with Gasteiger partial charge in [0, 0.05) is 11.2 Å². The molecule has 0 unspecified atom stereocenters. The van der Waals surface area contributed by atoms with E-state index in [1.165, 1.54) is 16.8 Å². The van der Waals surface area contributed by atoms with Crippen LogP contribution >= 0.6 is 0 Å². The van der Waals surface area contributed by atoms with Crippen molar-refractivity contribution in [1.82, 2.24) is 9.38 Å². The van der Waals surface area contributed by atoms with Gasteiger partial charge in [-0.1, -0.05) is 30.3 Å². The van der Waals surface area contributed by atoms with Crippen molar-refractivity contribution in [3.63, 3.8) is 0 Å². The Bertz CT molecular complexity index is 925. The van der Waals surface area contributed by atoms with E-state index in [9.17, 15) is 0 Å². The van der Waals surface area contributed by atoms with Gasteiger partial charge in [-0.15, -0.1) is 0 Å². The van der Waals surface area contributed by atoms with E-state index in [-0.39, 0.29) is 5.54 Å². The Morgan fingerprint density at radius 1 is 1.08 bits per heavy atom. The number of rotatable bonds is 3. The smallest absolute Gasteiger partial charge is 0.139 e. The molecule has 0 aliphatic heterocycles. The quantitative estimate of drug-likeness (QED) is 0.664. The highest BCUT2D eigenvalue weighted by atomic mass is 15.2. The molecular formula is C22H27N3. The van der Waals surface area contributed by atoms with Crippen molar-refractivity contribution in [2.75, 3.05) is 5.32 Å². The molecule has 3 nitrogen and oxygen atoms in total. The number of hydrogen-bond donors (Lipinski definition) is 1. The van der Waals surface area contributed by atoms with Crippen molar-refractivity contribution in [2.24, 2.45) is 0 Å². The summed E-state index contributed by atoms with van der Waals surface area (Å²) in [7, 11) is 0. The number of aryl methyl sites for hydroxylation is 2. The van der Waals surface area contributed by atoms with Crippen LogP contribution in [-0.2, 0) is 0 Å². The van der Waals surface area contributed by atoms with Crippen LogP contribution in [0.5, 0.6) is 0 Å². The second-order valence-corrected chi connectivity index (χ2v) is 7.79. The molecule has 0 bridgehead atoms. The average Bonchev–Trinajstić information content (AvgIpc) is 2.85. The third kappa shape index (κ3) is 3.76. The molecule has 0 aliphatic carbocycles. The normalized spacial score (nSPS) is 12.6. The van der Waals surface area contributed by atoms with Gasteiger partial charge >= 0.3 is 0 Å². The van der Waals surface area contributed by atoms with E-state index in [0.29, 0.717) is 0 Å². The van der Waals surface area contributed by atoms with Crippen molar-refractivity contribution in [3.8, 4) is 0 Å². The van der Waals surface area contributed by atoms with Crippen LogP contribution < -0.4 is 5.32 Å². The van der Waals surface area contributed by atoms with E-state index >= 15 is 0 Å². The third-order valence-corrected chi connectivity index (χ3v) is 4.10. The Labute approximate surface area is 150 Å². The van der Waals surface area contributed by atoms with Crippen LogP contribution in [0.3, 0.4) is 0 Å². The predicted molar refractivity (Wildman–Crippen MR) is 108 cm³/mol. The summed E-state index contributed by atoms with van der Waals surface area (Å²) in [5.41, 5.74) is 6.70. The predicted octanol–water partition coefficient (Wildman–Crippen LogP) is 5.72. The highest BCUT2D eigenvalue weighted by Gasteiger charge is 2.20. The molecule has 2 aromatic heterocycles. The van der Waals surface area contributed by atoms with Crippen LogP contribution in [0.25, 0.3) is 17.3 Å². The van der Waals surface area contributed by atoms with Gasteiger partial charge in [-0.3, -0.25) is 4.40 Å². The van der Waals surface area contributed by atoms with Crippen LogP contribution in [0.2, 0.25) is 0 Å². The van der Waals surface area contributed by atoms with Gasteiger partial charge in [-0.2, -0.15) is 0 Å². The monoisotopic (exact) mass is 333 g/mol. The van der Waals surface area contributed by atoms with Crippen molar-refractivity contribution in [1.29, 1.82) is 0 Å². The van der Waals surface area contributed by atoms with E-state index in [0.717, 1.165) is 22.7 Å². The SMILES string of the molecule is CC(=Cc1ccccc1)c1nc2cc(C)cc(C)n2c1NC(C)(C)C. The molecular weight excluding hydrogens is 306 g/mol. The minimum atomic E-state index is -0.0466. The van der Waals surface area contributed by atoms with Crippen LogP contribution in [0, 0.1) is 13.8 Å². The van der Waals surface area contributed by atoms with Gasteiger partial charge in [-0.05, 0) is 76.5 Å². The fourth-order valence-electron chi connectivity index (χ4n) is 3.14. The zero-order chi connectivity index (χ0) is 18.2. The van der Waals surface area contributed by atoms with Crippen molar-refractivity contribution in [2.45, 2.75) is 47.1 Å². The summed E-state index contributed by atoms with van der Waals surface area (Å²) in [5, 5.41) is 3.66. The van der Waals surface area contributed by atoms with E-state index in [1.54, 1.807) is 0 Å². The van der Waals surface area contributed by atoms with E-state index in [1.807, 2.05) is 6.07 Å². The number of benzene rings is 1. The van der Waals surface area contributed by atoms with E-state index in [2.05, 4.69) is 93.7 Å². The summed E-state index contributed by atoms with van der Waals surface area (Å²) in [6.07, 6.45) is 2.19. The molecule has 1 aromatic carbocycles. The first-order valence-corrected chi connectivity index (χ1v) is 8.76. The Balaban J connectivity index is 2.21. The Morgan fingerprint density at radius 2 is 1.76 bits per heavy atom. The molecule has 25 heavy (non-hydrogen) atoms. The lowest BCUT2D eigenvalue weighted by atomic mass is 10.1. The van der Waals surface area contributed by atoms with Crippen molar-refractivity contribution >= 4 is 23.1 Å². The zero-order valence-electron chi connectivity index (χ0n) is 16.0. The number of allylic oxidation sites excluding steroid dienone is 1. The molecule has 3 rings (SSSR count). The highest BCUT2D eigenvalue weighted by Crippen LogP contribution is 2.30. The molecule has 0 amide bonds. The minimum Gasteiger partial charge on any atom is -0.365 e. The second kappa shape index (κ2) is 6.40. The molecule has 2 heterocycles. The van der Waals surface area contributed by atoms with Gasteiger partial charge in [0.1, 0.15) is 17.2 Å². The second-order valence-electron chi connectivity index (χ2n) is 7.79.